The first-order chi connectivity index (χ1) is 10.7. The van der Waals surface area contributed by atoms with E-state index in [4.69, 9.17) is 0 Å². The summed E-state index contributed by atoms with van der Waals surface area (Å²) in [6.07, 6.45) is 0. The average Bonchev–Trinajstić information content (AvgIpc) is 2.96. The molecule has 2 aromatic carbocycles. The van der Waals surface area contributed by atoms with E-state index in [2.05, 4.69) is 17.5 Å². The molecule has 1 aliphatic rings. The highest BCUT2D eigenvalue weighted by molar-refractivity contribution is 5.40. The maximum atomic E-state index is 13.1. The fourth-order valence-electron chi connectivity index (χ4n) is 3.17. The van der Waals surface area contributed by atoms with Gasteiger partial charge in [-0.2, -0.15) is 10.5 Å². The first-order valence-corrected chi connectivity index (χ1v) is 7.07. The van der Waals surface area contributed by atoms with Gasteiger partial charge >= 0.3 is 0 Å². The predicted molar refractivity (Wildman–Crippen MR) is 80.0 cm³/mol. The third-order valence-corrected chi connectivity index (χ3v) is 4.31. The summed E-state index contributed by atoms with van der Waals surface area (Å²) in [6.45, 7) is 0.506. The molecule has 1 fully saturated rings. The molecule has 108 valence electrons. The number of rotatable bonds is 2. The van der Waals surface area contributed by atoms with Crippen LogP contribution in [0.2, 0.25) is 0 Å². The summed E-state index contributed by atoms with van der Waals surface area (Å²) < 4.78 is 13.1. The Hall–Kier alpha value is -2.69. The van der Waals surface area contributed by atoms with E-state index in [9.17, 15) is 14.9 Å². The van der Waals surface area contributed by atoms with Crippen LogP contribution in [0.1, 0.15) is 23.1 Å². The molecule has 2 aromatic rings. The van der Waals surface area contributed by atoms with Crippen molar-refractivity contribution in [3.63, 3.8) is 0 Å². The third kappa shape index (κ3) is 2.15. The summed E-state index contributed by atoms with van der Waals surface area (Å²) in [4.78, 5) is 0. The monoisotopic (exact) mass is 291 g/mol. The van der Waals surface area contributed by atoms with Gasteiger partial charge in [-0.25, -0.2) is 4.39 Å². The van der Waals surface area contributed by atoms with Crippen LogP contribution >= 0.6 is 0 Å². The molecule has 3 nitrogen and oxygen atoms in total. The topological polar surface area (TPSA) is 59.6 Å². The molecular formula is C18H14FN3. The van der Waals surface area contributed by atoms with Gasteiger partial charge in [0.1, 0.15) is 5.82 Å². The zero-order valence-corrected chi connectivity index (χ0v) is 11.8. The Morgan fingerprint density at radius 2 is 1.59 bits per heavy atom. The first kappa shape index (κ1) is 14.3. The van der Waals surface area contributed by atoms with Gasteiger partial charge in [-0.1, -0.05) is 42.5 Å². The molecule has 0 saturated carbocycles. The van der Waals surface area contributed by atoms with Gasteiger partial charge in [0.05, 0.1) is 18.2 Å². The third-order valence-electron chi connectivity index (χ3n) is 4.31. The predicted octanol–water partition coefficient (Wildman–Crippen LogP) is 3.29. The van der Waals surface area contributed by atoms with Crippen molar-refractivity contribution in [1.29, 1.82) is 10.5 Å². The lowest BCUT2D eigenvalue weighted by atomic mass is 9.71. The summed E-state index contributed by atoms with van der Waals surface area (Å²) in [5.41, 5.74) is 0.504. The lowest BCUT2D eigenvalue weighted by Gasteiger charge is -2.26. The number of hydrogen-bond acceptors (Lipinski definition) is 3. The van der Waals surface area contributed by atoms with Crippen LogP contribution in [0.4, 0.5) is 4.39 Å². The van der Waals surface area contributed by atoms with Gasteiger partial charge in [-0.3, -0.25) is 0 Å². The van der Waals surface area contributed by atoms with Crippen molar-refractivity contribution >= 4 is 0 Å². The summed E-state index contributed by atoms with van der Waals surface area (Å²) in [5.74, 6) is -0.623. The molecule has 0 bridgehead atoms. The maximum absolute atomic E-state index is 13.1. The molecule has 22 heavy (non-hydrogen) atoms. The molecular weight excluding hydrogens is 277 g/mol. The van der Waals surface area contributed by atoms with Crippen molar-refractivity contribution < 1.29 is 4.39 Å². The summed E-state index contributed by atoms with van der Waals surface area (Å²) in [6, 6.07) is 19.6. The van der Waals surface area contributed by atoms with Gasteiger partial charge in [0.15, 0.2) is 5.41 Å². The van der Waals surface area contributed by atoms with E-state index in [0.29, 0.717) is 6.54 Å². The van der Waals surface area contributed by atoms with E-state index < -0.39 is 5.41 Å². The van der Waals surface area contributed by atoms with Crippen LogP contribution in [0.3, 0.4) is 0 Å². The van der Waals surface area contributed by atoms with Crippen LogP contribution < -0.4 is 5.32 Å². The number of benzene rings is 2. The number of nitrogens with zero attached hydrogens (tertiary/aromatic N) is 2. The van der Waals surface area contributed by atoms with Crippen LogP contribution in [0, 0.1) is 33.9 Å². The molecule has 2 atom stereocenters. The molecule has 1 N–H and O–H groups in total. The van der Waals surface area contributed by atoms with Crippen LogP contribution in [-0.2, 0) is 0 Å². The van der Waals surface area contributed by atoms with E-state index in [1.807, 2.05) is 30.3 Å². The molecule has 0 amide bonds. The first-order valence-electron chi connectivity index (χ1n) is 7.07. The average molecular weight is 291 g/mol. The van der Waals surface area contributed by atoms with E-state index >= 15 is 0 Å². The molecule has 4 heteroatoms. The zero-order valence-electron chi connectivity index (χ0n) is 11.8. The van der Waals surface area contributed by atoms with Crippen molar-refractivity contribution in [2.45, 2.75) is 12.0 Å². The summed E-state index contributed by atoms with van der Waals surface area (Å²) in [7, 11) is 0. The minimum Gasteiger partial charge on any atom is -0.307 e. The molecule has 1 aliphatic heterocycles. The minimum absolute atomic E-state index is 0.298. The number of nitrogens with one attached hydrogen (secondary N) is 1. The molecule has 0 aromatic heterocycles. The number of halogens is 1. The van der Waals surface area contributed by atoms with Crippen molar-refractivity contribution in [3.8, 4) is 12.1 Å². The van der Waals surface area contributed by atoms with Gasteiger partial charge in [0.2, 0.25) is 0 Å². The highest BCUT2D eigenvalue weighted by Crippen LogP contribution is 2.49. The van der Waals surface area contributed by atoms with Gasteiger partial charge in [-0.05, 0) is 23.3 Å². The molecule has 3 rings (SSSR count). The van der Waals surface area contributed by atoms with E-state index in [-0.39, 0.29) is 17.8 Å². The summed E-state index contributed by atoms with van der Waals surface area (Å²) >= 11 is 0. The Kier molecular flexibility index (Phi) is 3.63. The van der Waals surface area contributed by atoms with Crippen molar-refractivity contribution in [2.24, 2.45) is 5.41 Å². The zero-order chi connectivity index (χ0) is 15.6. The van der Waals surface area contributed by atoms with Crippen LogP contribution in [0.25, 0.3) is 0 Å². The van der Waals surface area contributed by atoms with Crippen LogP contribution in [0.5, 0.6) is 0 Å². The van der Waals surface area contributed by atoms with Crippen molar-refractivity contribution in [2.75, 3.05) is 6.54 Å². The Morgan fingerprint density at radius 1 is 0.955 bits per heavy atom. The maximum Gasteiger partial charge on any atom is 0.171 e. The second kappa shape index (κ2) is 5.60. The number of hydrogen-bond donors (Lipinski definition) is 1. The minimum atomic E-state index is -1.21. The number of nitriles is 2. The highest BCUT2D eigenvalue weighted by Gasteiger charge is 2.52. The second-order valence-electron chi connectivity index (χ2n) is 5.45. The van der Waals surface area contributed by atoms with Crippen molar-refractivity contribution in [3.05, 3.63) is 71.5 Å². The molecule has 0 spiro atoms. The molecule has 2 unspecified atom stereocenters. The van der Waals surface area contributed by atoms with Gasteiger partial charge in [-0.15, -0.1) is 0 Å². The second-order valence-corrected chi connectivity index (χ2v) is 5.45. The SMILES string of the molecule is N#CC1(C#N)C(c2ccc(F)cc2)CNC1c1ccccc1. The lowest BCUT2D eigenvalue weighted by Crippen LogP contribution is -2.29. The van der Waals surface area contributed by atoms with E-state index in [0.717, 1.165) is 11.1 Å². The Balaban J connectivity index is 2.05. The van der Waals surface area contributed by atoms with Crippen molar-refractivity contribution in [1.82, 2.24) is 5.32 Å². The standard InChI is InChI=1S/C18H14FN3/c19-15-8-6-13(7-9-15)16-10-22-17(18(16,11-20)12-21)14-4-2-1-3-5-14/h1-9,16-17,22H,10H2. The normalized spacial score (nSPS) is 22.7. The lowest BCUT2D eigenvalue weighted by molar-refractivity contribution is 0.417. The van der Waals surface area contributed by atoms with Crippen LogP contribution in [0.15, 0.2) is 54.6 Å². The summed E-state index contributed by atoms with van der Waals surface area (Å²) in [5, 5.41) is 22.8. The quantitative estimate of drug-likeness (QED) is 0.923. The largest absolute Gasteiger partial charge is 0.307 e. The molecule has 1 saturated heterocycles. The fraction of sp³-hybridized carbons (Fsp3) is 0.222. The molecule has 1 heterocycles. The van der Waals surface area contributed by atoms with E-state index in [1.54, 1.807) is 12.1 Å². The smallest absolute Gasteiger partial charge is 0.171 e. The molecule has 0 radical (unpaired) electrons. The van der Waals surface area contributed by atoms with Gasteiger partial charge in [0, 0.05) is 12.5 Å². The van der Waals surface area contributed by atoms with Crippen LogP contribution in [-0.4, -0.2) is 6.54 Å². The highest BCUT2D eigenvalue weighted by atomic mass is 19.1. The van der Waals surface area contributed by atoms with E-state index in [1.165, 1.54) is 12.1 Å². The molecule has 0 aliphatic carbocycles. The Labute approximate surface area is 128 Å². The van der Waals surface area contributed by atoms with Gasteiger partial charge < -0.3 is 5.32 Å². The Bertz CT molecular complexity index is 727. The Morgan fingerprint density at radius 3 is 2.18 bits per heavy atom. The fourth-order valence-corrected chi connectivity index (χ4v) is 3.17. The van der Waals surface area contributed by atoms with Gasteiger partial charge in [0.25, 0.3) is 0 Å².